The van der Waals surface area contributed by atoms with E-state index in [1.54, 1.807) is 30.6 Å². The zero-order valence-electron chi connectivity index (χ0n) is 14.7. The van der Waals surface area contributed by atoms with Crippen molar-refractivity contribution in [3.63, 3.8) is 0 Å². The van der Waals surface area contributed by atoms with E-state index in [2.05, 4.69) is 28.3 Å². The normalized spacial score (nSPS) is 15.3. The molecule has 2 heterocycles. The van der Waals surface area contributed by atoms with Crippen molar-refractivity contribution in [3.8, 4) is 11.3 Å². The molecule has 0 unspecified atom stereocenters. The first-order valence-corrected chi connectivity index (χ1v) is 8.97. The fourth-order valence-corrected chi connectivity index (χ4v) is 2.76. The van der Waals surface area contributed by atoms with Crippen molar-refractivity contribution in [3.05, 3.63) is 89.0 Å². The number of nitrogens with zero attached hydrogens (tertiary/aromatic N) is 2. The lowest BCUT2D eigenvalue weighted by Crippen LogP contribution is -2.13. The Kier molecular flexibility index (Phi) is 6.14. The van der Waals surface area contributed by atoms with Crippen LogP contribution in [0.2, 0.25) is 5.02 Å². The van der Waals surface area contributed by atoms with Crippen LogP contribution in [-0.4, -0.2) is 10.7 Å². The molecule has 2 aromatic rings. The third kappa shape index (κ3) is 4.49. The highest BCUT2D eigenvalue weighted by molar-refractivity contribution is 6.31. The third-order valence-electron chi connectivity index (χ3n) is 3.91. The van der Waals surface area contributed by atoms with Crippen LogP contribution in [0.15, 0.2) is 71.8 Å². The molecule has 0 fully saturated rings. The first-order valence-electron chi connectivity index (χ1n) is 8.59. The summed E-state index contributed by atoms with van der Waals surface area (Å²) < 4.78 is 27.9. The van der Waals surface area contributed by atoms with Gasteiger partial charge < -0.3 is 5.32 Å². The van der Waals surface area contributed by atoms with Gasteiger partial charge in [-0.3, -0.25) is 4.98 Å². The molecular weight excluding hydrogens is 368 g/mol. The van der Waals surface area contributed by atoms with E-state index in [4.69, 9.17) is 11.6 Å². The van der Waals surface area contributed by atoms with Gasteiger partial charge in [0.25, 0.3) is 0 Å². The summed E-state index contributed by atoms with van der Waals surface area (Å²) in [6.45, 7) is 2.11. The number of aromatic nitrogens is 1. The number of allylic oxidation sites excluding steroid dienone is 4. The second-order valence-electron chi connectivity index (χ2n) is 5.89. The van der Waals surface area contributed by atoms with E-state index in [9.17, 15) is 8.78 Å². The molecule has 0 spiro atoms. The monoisotopic (exact) mass is 385 g/mol. The van der Waals surface area contributed by atoms with Gasteiger partial charge in [0.2, 0.25) is 0 Å². The molecule has 1 aliphatic rings. The van der Waals surface area contributed by atoms with Crippen LogP contribution in [0.4, 0.5) is 8.78 Å². The summed E-state index contributed by atoms with van der Waals surface area (Å²) in [5.41, 5.74) is 1.72. The Morgan fingerprint density at radius 2 is 2.04 bits per heavy atom. The van der Waals surface area contributed by atoms with E-state index >= 15 is 0 Å². The smallest absolute Gasteiger partial charge is 0.144 e. The predicted octanol–water partition coefficient (Wildman–Crippen LogP) is 5.78. The van der Waals surface area contributed by atoms with Crippen molar-refractivity contribution in [2.75, 3.05) is 0 Å². The topological polar surface area (TPSA) is 37.3 Å². The minimum absolute atomic E-state index is 0.125. The van der Waals surface area contributed by atoms with Crippen molar-refractivity contribution in [2.45, 2.75) is 19.8 Å². The van der Waals surface area contributed by atoms with E-state index in [-0.39, 0.29) is 10.6 Å². The first kappa shape index (κ1) is 19.0. The van der Waals surface area contributed by atoms with Crippen LogP contribution >= 0.6 is 11.6 Å². The summed E-state index contributed by atoms with van der Waals surface area (Å²) in [4.78, 5) is 8.84. The maximum Gasteiger partial charge on any atom is 0.144 e. The Morgan fingerprint density at radius 3 is 2.85 bits per heavy atom. The first-order chi connectivity index (χ1) is 13.1. The van der Waals surface area contributed by atoms with Crippen molar-refractivity contribution in [1.29, 1.82) is 0 Å². The summed E-state index contributed by atoms with van der Waals surface area (Å²) in [6, 6.07) is 5.54. The van der Waals surface area contributed by atoms with Gasteiger partial charge in [-0.05, 0) is 36.8 Å². The minimum Gasteiger partial charge on any atom is -0.347 e. The predicted molar refractivity (Wildman–Crippen MR) is 106 cm³/mol. The van der Waals surface area contributed by atoms with E-state index in [0.717, 1.165) is 18.9 Å². The maximum absolute atomic E-state index is 14.3. The molecule has 0 atom stereocenters. The minimum atomic E-state index is -0.807. The van der Waals surface area contributed by atoms with Crippen LogP contribution in [0.1, 0.15) is 25.3 Å². The zero-order valence-corrected chi connectivity index (χ0v) is 15.5. The second kappa shape index (κ2) is 8.73. The van der Waals surface area contributed by atoms with Crippen LogP contribution in [0.5, 0.6) is 0 Å². The largest absolute Gasteiger partial charge is 0.347 e. The number of hydrogen-bond acceptors (Lipinski definition) is 3. The molecule has 0 amide bonds. The second-order valence-corrected chi connectivity index (χ2v) is 6.30. The van der Waals surface area contributed by atoms with Crippen LogP contribution < -0.4 is 5.32 Å². The highest BCUT2D eigenvalue weighted by atomic mass is 35.5. The lowest BCUT2D eigenvalue weighted by atomic mass is 10.0. The standard InChI is InChI=1S/C21H18ClF2N3/c1-2-3-4-5-8-20-25-11-9-19(27-20)14-7-6-10-26-21(14)15-12-16(22)18(24)13-17(15)23/h4-13,25H,2-3H2,1H3/b5-4+,20-8+. The SMILES string of the molecule is CCC/C=C/C=C1/N=C(c2cccnc2-c2cc(Cl)c(F)cc2F)C=CN1. The molecule has 1 N–H and O–H groups in total. The average Bonchev–Trinajstić information content (AvgIpc) is 2.68. The number of hydrogen-bond donors (Lipinski definition) is 1. The fraction of sp³-hybridized carbons (Fsp3) is 0.143. The Bertz CT molecular complexity index is 962. The Morgan fingerprint density at radius 1 is 1.19 bits per heavy atom. The maximum atomic E-state index is 14.3. The molecule has 3 nitrogen and oxygen atoms in total. The van der Waals surface area contributed by atoms with Gasteiger partial charge in [0, 0.05) is 29.6 Å². The van der Waals surface area contributed by atoms with Crippen LogP contribution in [-0.2, 0) is 0 Å². The van der Waals surface area contributed by atoms with Crippen molar-refractivity contribution in [2.24, 2.45) is 4.99 Å². The van der Waals surface area contributed by atoms with E-state index in [1.807, 2.05) is 12.2 Å². The molecule has 0 saturated heterocycles. The van der Waals surface area contributed by atoms with Gasteiger partial charge in [-0.15, -0.1) is 0 Å². The lowest BCUT2D eigenvalue weighted by molar-refractivity contribution is 0.585. The molecule has 0 saturated carbocycles. The Hall–Kier alpha value is -2.79. The van der Waals surface area contributed by atoms with Gasteiger partial charge in [0.05, 0.1) is 16.4 Å². The summed E-state index contributed by atoms with van der Waals surface area (Å²) in [6.07, 6.45) is 13.0. The fourth-order valence-electron chi connectivity index (χ4n) is 2.59. The van der Waals surface area contributed by atoms with E-state index in [0.29, 0.717) is 22.8 Å². The van der Waals surface area contributed by atoms with Crippen molar-refractivity contribution in [1.82, 2.24) is 10.3 Å². The Balaban J connectivity index is 2.03. The summed E-state index contributed by atoms with van der Waals surface area (Å²) in [7, 11) is 0. The number of rotatable bonds is 5. The number of halogens is 3. The number of unbranched alkanes of at least 4 members (excludes halogenated alkanes) is 1. The zero-order chi connectivity index (χ0) is 19.2. The van der Waals surface area contributed by atoms with Gasteiger partial charge in [-0.25, -0.2) is 13.8 Å². The lowest BCUT2D eigenvalue weighted by Gasteiger charge is -2.14. The molecular formula is C21H18ClF2N3. The molecule has 1 aliphatic heterocycles. The number of benzene rings is 1. The summed E-state index contributed by atoms with van der Waals surface area (Å²) in [5, 5.41) is 2.90. The average molecular weight is 386 g/mol. The summed E-state index contributed by atoms with van der Waals surface area (Å²) >= 11 is 5.84. The van der Waals surface area contributed by atoms with E-state index in [1.165, 1.54) is 6.07 Å². The Labute approximate surface area is 161 Å². The molecule has 27 heavy (non-hydrogen) atoms. The third-order valence-corrected chi connectivity index (χ3v) is 4.20. The van der Waals surface area contributed by atoms with Gasteiger partial charge in [-0.1, -0.05) is 37.1 Å². The molecule has 3 rings (SSSR count). The van der Waals surface area contributed by atoms with Gasteiger partial charge >= 0.3 is 0 Å². The van der Waals surface area contributed by atoms with Crippen molar-refractivity contribution < 1.29 is 8.78 Å². The number of nitrogens with one attached hydrogen (secondary N) is 1. The quantitative estimate of drug-likeness (QED) is 0.662. The highest BCUT2D eigenvalue weighted by Gasteiger charge is 2.17. The number of pyridine rings is 1. The van der Waals surface area contributed by atoms with Gasteiger partial charge in [0.1, 0.15) is 17.5 Å². The molecule has 0 bridgehead atoms. The van der Waals surface area contributed by atoms with Gasteiger partial charge in [-0.2, -0.15) is 0 Å². The van der Waals surface area contributed by atoms with Crippen molar-refractivity contribution >= 4 is 17.3 Å². The molecule has 138 valence electrons. The van der Waals surface area contributed by atoms with Crippen LogP contribution in [0.25, 0.3) is 11.3 Å². The highest BCUT2D eigenvalue weighted by Crippen LogP contribution is 2.30. The molecule has 0 radical (unpaired) electrons. The van der Waals surface area contributed by atoms with Gasteiger partial charge in [0.15, 0.2) is 0 Å². The van der Waals surface area contributed by atoms with E-state index < -0.39 is 11.6 Å². The molecule has 0 aliphatic carbocycles. The van der Waals surface area contributed by atoms with Crippen LogP contribution in [0.3, 0.4) is 0 Å². The number of aliphatic imine (C=N–C) groups is 1. The summed E-state index contributed by atoms with van der Waals surface area (Å²) in [5.74, 6) is -0.875. The molecule has 1 aromatic carbocycles. The van der Waals surface area contributed by atoms with Crippen LogP contribution in [0, 0.1) is 11.6 Å². The molecule has 6 heteroatoms. The molecule has 1 aromatic heterocycles.